The van der Waals surface area contributed by atoms with Gasteiger partial charge >= 0.3 is 0 Å². The standard InChI is InChI=1S/C37H27N3.2C37H29N3/c1-38(26-21-23-27(24-22-26)39-34-17-6-2-13-30(34)31-14-3-7-18-35(31)39)28-11-10-12-29(25-28)40-36-19-8-4-15-32(36)33-16-5-9-20-37(33)40;1-38(32-17-12-18-33(27-32)39(29-13-4-2-5-14-29)30-15-6-3-7-16-30)28-23-25-31(26-24-28)40-36-21-10-8-19-34(36)35-20-9-11-22-37(35)40;1-38(28-23-25-31(26-24-28)39(29-13-4-2-5-14-29)30-15-6-3-7-16-30)32-17-12-18-33(27-32)40-36-21-10-8-19-34(36)35-20-9-11-22-37(35)40/h2-25H,1H3;2*2-27H,1H3. The molecule has 0 bridgehead atoms. The van der Waals surface area contributed by atoms with E-state index in [1.807, 2.05) is 0 Å². The summed E-state index contributed by atoms with van der Waals surface area (Å²) < 4.78 is 9.44. The Morgan fingerprint density at radius 1 is 0.133 bits per heavy atom. The van der Waals surface area contributed by atoms with Crippen molar-refractivity contribution in [2.45, 2.75) is 0 Å². The zero-order chi connectivity index (χ0) is 80.4. The summed E-state index contributed by atoms with van der Waals surface area (Å²) in [7, 11) is 6.40. The first-order valence-electron chi connectivity index (χ1n) is 40.9. The Morgan fingerprint density at radius 3 is 0.592 bits per heavy atom. The molecule has 0 N–H and O–H groups in total. The van der Waals surface area contributed by atoms with Crippen molar-refractivity contribution >= 4 is 155 Å². The molecular weight excluding hydrogens is 1460 g/mol. The van der Waals surface area contributed by atoms with Gasteiger partial charge in [-0.05, 0) is 224 Å². The zero-order valence-corrected chi connectivity index (χ0v) is 66.9. The van der Waals surface area contributed by atoms with E-state index in [0.717, 1.165) is 91.0 Å². The molecule has 9 nitrogen and oxygen atoms in total. The smallest absolute Gasteiger partial charge is 0.0541 e. The van der Waals surface area contributed by atoms with Crippen LogP contribution in [0.15, 0.2) is 461 Å². The lowest BCUT2D eigenvalue weighted by Crippen LogP contribution is -2.13. The number of fused-ring (bicyclic) bond motifs is 12. The van der Waals surface area contributed by atoms with E-state index in [1.165, 1.54) is 87.2 Å². The molecule has 0 aliphatic carbocycles. The number of rotatable bonds is 16. The number of anilines is 12. The molecule has 0 saturated carbocycles. The second kappa shape index (κ2) is 32.1. The van der Waals surface area contributed by atoms with E-state index in [9.17, 15) is 0 Å². The van der Waals surface area contributed by atoms with Gasteiger partial charge in [0, 0.05) is 155 Å². The van der Waals surface area contributed by atoms with Crippen LogP contribution < -0.4 is 24.5 Å². The summed E-state index contributed by atoms with van der Waals surface area (Å²) in [4.78, 5) is 11.3. The molecule has 4 aromatic heterocycles. The SMILES string of the molecule is CN(c1ccc(-n2c3ccccc3c3ccccc32)cc1)c1cccc(-n2c3ccccc3c3ccccc32)c1.CN(c1ccc(-n2c3ccccc3c3ccccc32)cc1)c1cccc(N(c2ccccc2)c2ccccc2)c1.CN(c1ccc(N(c2ccccc2)c2ccccc2)cc1)c1cccc(-n2c3ccccc3c3ccccc32)c1. The summed E-state index contributed by atoms with van der Waals surface area (Å²) in [5.41, 5.74) is 28.0. The lowest BCUT2D eigenvalue weighted by molar-refractivity contribution is 1.14. The molecule has 9 heteroatoms. The highest BCUT2D eigenvalue weighted by molar-refractivity contribution is 6.12. The van der Waals surface area contributed by atoms with E-state index >= 15 is 0 Å². The number of hydrogen-bond acceptors (Lipinski definition) is 5. The Hall–Kier alpha value is -15.8. The first-order valence-corrected chi connectivity index (χ1v) is 40.9. The van der Waals surface area contributed by atoms with Crippen molar-refractivity contribution in [1.29, 1.82) is 0 Å². The summed E-state index contributed by atoms with van der Waals surface area (Å²) in [5, 5.41) is 10.2. The average molecular weight is 1540 g/mol. The van der Waals surface area contributed by atoms with Gasteiger partial charge in [-0.2, -0.15) is 0 Å². The van der Waals surface area contributed by atoms with Crippen molar-refractivity contribution in [1.82, 2.24) is 18.3 Å². The molecule has 0 amide bonds. The fourth-order valence-electron chi connectivity index (χ4n) is 17.5. The molecule has 18 aromatic carbocycles. The van der Waals surface area contributed by atoms with Crippen LogP contribution >= 0.6 is 0 Å². The van der Waals surface area contributed by atoms with E-state index in [2.05, 4.69) is 525 Å². The fourth-order valence-corrected chi connectivity index (χ4v) is 17.5. The molecule has 120 heavy (non-hydrogen) atoms. The van der Waals surface area contributed by atoms with Crippen LogP contribution in [0.1, 0.15) is 0 Å². The number of para-hydroxylation sites is 12. The minimum atomic E-state index is 1.11. The Labute approximate surface area is 698 Å². The van der Waals surface area contributed by atoms with Crippen LogP contribution in [0, 0.1) is 0 Å². The average Bonchev–Trinajstić information content (AvgIpc) is 1.61. The summed E-state index contributed by atoms with van der Waals surface area (Å²) in [6.45, 7) is 0. The number of nitrogens with zero attached hydrogens (tertiary/aromatic N) is 9. The van der Waals surface area contributed by atoms with Crippen molar-refractivity contribution in [3.8, 4) is 22.7 Å². The van der Waals surface area contributed by atoms with Gasteiger partial charge in [0.05, 0.1) is 44.1 Å². The molecule has 0 spiro atoms. The molecule has 0 aliphatic heterocycles. The van der Waals surface area contributed by atoms with E-state index in [4.69, 9.17) is 0 Å². The van der Waals surface area contributed by atoms with Gasteiger partial charge in [-0.3, -0.25) is 0 Å². The third-order valence-corrected chi connectivity index (χ3v) is 23.3. The van der Waals surface area contributed by atoms with Gasteiger partial charge in [-0.25, -0.2) is 0 Å². The van der Waals surface area contributed by atoms with Crippen LogP contribution in [-0.4, -0.2) is 39.4 Å². The maximum Gasteiger partial charge on any atom is 0.0541 e. The minimum absolute atomic E-state index is 1.11. The van der Waals surface area contributed by atoms with E-state index in [1.54, 1.807) is 0 Å². The van der Waals surface area contributed by atoms with Crippen LogP contribution in [0.5, 0.6) is 0 Å². The summed E-state index contributed by atoms with van der Waals surface area (Å²) in [6, 6.07) is 164. The second-order valence-corrected chi connectivity index (χ2v) is 30.3. The van der Waals surface area contributed by atoms with Gasteiger partial charge in [0.2, 0.25) is 0 Å². The highest BCUT2D eigenvalue weighted by Gasteiger charge is 2.21. The highest BCUT2D eigenvalue weighted by Crippen LogP contribution is 2.43. The number of hydrogen-bond donors (Lipinski definition) is 0. The van der Waals surface area contributed by atoms with Crippen molar-refractivity contribution in [2.75, 3.05) is 45.6 Å². The summed E-state index contributed by atoms with van der Waals surface area (Å²) in [5.74, 6) is 0. The summed E-state index contributed by atoms with van der Waals surface area (Å²) in [6.07, 6.45) is 0. The van der Waals surface area contributed by atoms with Crippen LogP contribution in [0.4, 0.5) is 68.2 Å². The molecule has 4 heterocycles. The Kier molecular flexibility index (Phi) is 19.5. The van der Waals surface area contributed by atoms with Gasteiger partial charge in [-0.15, -0.1) is 0 Å². The van der Waals surface area contributed by atoms with Crippen molar-refractivity contribution in [2.24, 2.45) is 0 Å². The maximum absolute atomic E-state index is 2.37. The van der Waals surface area contributed by atoms with Gasteiger partial charge in [-0.1, -0.05) is 237 Å². The molecule has 22 aromatic rings. The molecule has 0 unspecified atom stereocenters. The van der Waals surface area contributed by atoms with Crippen LogP contribution in [0.2, 0.25) is 0 Å². The van der Waals surface area contributed by atoms with E-state index in [-0.39, 0.29) is 0 Å². The molecule has 0 saturated heterocycles. The van der Waals surface area contributed by atoms with Crippen LogP contribution in [0.3, 0.4) is 0 Å². The zero-order valence-electron chi connectivity index (χ0n) is 66.9. The Bertz CT molecular complexity index is 7100. The topological polar surface area (TPSA) is 35.9 Å². The van der Waals surface area contributed by atoms with Crippen LogP contribution in [0.25, 0.3) is 110 Å². The number of aromatic nitrogens is 4. The lowest BCUT2D eigenvalue weighted by atomic mass is 10.1. The second-order valence-electron chi connectivity index (χ2n) is 30.3. The van der Waals surface area contributed by atoms with Crippen molar-refractivity contribution < 1.29 is 0 Å². The minimum Gasteiger partial charge on any atom is -0.345 e. The monoisotopic (exact) mass is 1540 g/mol. The fraction of sp³-hybridized carbons (Fsp3) is 0.0270. The van der Waals surface area contributed by atoms with Gasteiger partial charge in [0.1, 0.15) is 0 Å². The molecule has 22 rings (SSSR count). The summed E-state index contributed by atoms with van der Waals surface area (Å²) >= 11 is 0. The van der Waals surface area contributed by atoms with Gasteiger partial charge < -0.3 is 42.8 Å². The van der Waals surface area contributed by atoms with Crippen molar-refractivity contribution in [3.05, 3.63) is 461 Å². The third kappa shape index (κ3) is 13.7. The highest BCUT2D eigenvalue weighted by atomic mass is 15.2. The quantitative estimate of drug-likeness (QED) is 0.0963. The molecule has 0 aliphatic rings. The molecule has 0 fully saturated rings. The van der Waals surface area contributed by atoms with Gasteiger partial charge in [0.15, 0.2) is 0 Å². The van der Waals surface area contributed by atoms with Crippen LogP contribution in [-0.2, 0) is 0 Å². The molecule has 0 radical (unpaired) electrons. The predicted octanol–water partition coefficient (Wildman–Crippen LogP) is 29.7. The first kappa shape index (κ1) is 73.1. The number of benzene rings is 18. The molecule has 0 atom stereocenters. The van der Waals surface area contributed by atoms with E-state index in [0.29, 0.717) is 0 Å². The Balaban J connectivity index is 0.000000115. The first-order chi connectivity index (χ1) is 59.3. The normalized spacial score (nSPS) is 11.3. The Morgan fingerprint density at radius 2 is 0.317 bits per heavy atom. The predicted molar refractivity (Wildman–Crippen MR) is 510 cm³/mol. The molecule has 574 valence electrons. The van der Waals surface area contributed by atoms with Crippen molar-refractivity contribution in [3.63, 3.8) is 0 Å². The molecular formula is C111H85N9. The van der Waals surface area contributed by atoms with E-state index < -0.39 is 0 Å². The van der Waals surface area contributed by atoms with Gasteiger partial charge in [0.25, 0.3) is 0 Å². The third-order valence-electron chi connectivity index (χ3n) is 23.3. The lowest BCUT2D eigenvalue weighted by Gasteiger charge is -2.27. The maximum atomic E-state index is 2.37. The largest absolute Gasteiger partial charge is 0.345 e.